The molecule has 0 aromatic carbocycles. The zero-order valence-corrected chi connectivity index (χ0v) is 11.7. The summed E-state index contributed by atoms with van der Waals surface area (Å²) in [6.45, 7) is 6.62. The van der Waals surface area contributed by atoms with Crippen molar-refractivity contribution in [1.82, 2.24) is 5.32 Å². The van der Waals surface area contributed by atoms with E-state index in [1.807, 2.05) is 11.4 Å². The van der Waals surface area contributed by atoms with Gasteiger partial charge in [-0.15, -0.1) is 11.3 Å². The molecule has 0 spiro atoms. The van der Waals surface area contributed by atoms with Crippen molar-refractivity contribution in [3.8, 4) is 0 Å². The summed E-state index contributed by atoms with van der Waals surface area (Å²) < 4.78 is 1.05. The summed E-state index contributed by atoms with van der Waals surface area (Å²) in [4.78, 5) is 12.7. The Morgan fingerprint density at radius 2 is 2.20 bits per heavy atom. The molecule has 0 aliphatic rings. The van der Waals surface area contributed by atoms with Crippen molar-refractivity contribution in [1.29, 1.82) is 0 Å². The Balaban J connectivity index is 2.37. The maximum absolute atomic E-state index is 11.6. The first-order valence-corrected chi connectivity index (χ1v) is 6.54. The van der Waals surface area contributed by atoms with Crippen LogP contribution in [0.5, 0.6) is 0 Å². The Labute approximate surface area is 103 Å². The second kappa shape index (κ2) is 5.23. The van der Waals surface area contributed by atoms with E-state index in [4.69, 9.17) is 0 Å². The Kier molecular flexibility index (Phi) is 4.49. The second-order valence-electron chi connectivity index (χ2n) is 4.55. The molecule has 0 saturated heterocycles. The van der Waals surface area contributed by atoms with Gasteiger partial charge in [0.25, 0.3) is 0 Å². The number of Topliss-reactive ketones (excluding diaryl/α,β-unsaturated/α-hetero) is 1. The lowest BCUT2D eigenvalue weighted by molar-refractivity contribution is -0.117. The molecule has 15 heavy (non-hydrogen) atoms. The van der Waals surface area contributed by atoms with Crippen LogP contribution in [-0.4, -0.2) is 17.9 Å². The highest BCUT2D eigenvalue weighted by Crippen LogP contribution is 2.20. The number of carbonyl (C=O) groups is 1. The van der Waals surface area contributed by atoms with Crippen LogP contribution in [-0.2, 0) is 11.2 Å². The first kappa shape index (κ1) is 12.9. The second-order valence-corrected chi connectivity index (χ2v) is 6.46. The Morgan fingerprint density at radius 3 is 2.67 bits per heavy atom. The highest BCUT2D eigenvalue weighted by Gasteiger charge is 2.12. The number of carbonyl (C=O) groups excluding carboxylic acids is 1. The van der Waals surface area contributed by atoms with E-state index in [2.05, 4.69) is 42.0 Å². The van der Waals surface area contributed by atoms with E-state index in [0.717, 1.165) is 9.35 Å². The predicted octanol–water partition coefficient (Wildman–Crippen LogP) is 3.01. The topological polar surface area (TPSA) is 29.1 Å². The fourth-order valence-electron chi connectivity index (χ4n) is 1.07. The molecule has 0 amide bonds. The van der Waals surface area contributed by atoms with Crippen LogP contribution in [0, 0.1) is 0 Å². The van der Waals surface area contributed by atoms with Crippen LogP contribution in [0.1, 0.15) is 25.6 Å². The van der Waals surface area contributed by atoms with Gasteiger partial charge in [-0.05, 0) is 42.8 Å². The highest BCUT2D eigenvalue weighted by molar-refractivity contribution is 9.10. The first-order chi connectivity index (χ1) is 6.87. The van der Waals surface area contributed by atoms with Crippen molar-refractivity contribution < 1.29 is 4.79 Å². The van der Waals surface area contributed by atoms with E-state index >= 15 is 0 Å². The van der Waals surface area contributed by atoms with Crippen LogP contribution in [0.3, 0.4) is 0 Å². The van der Waals surface area contributed by atoms with Crippen LogP contribution < -0.4 is 5.32 Å². The molecule has 0 saturated carbocycles. The zero-order valence-electron chi connectivity index (χ0n) is 9.26. The van der Waals surface area contributed by atoms with E-state index in [0.29, 0.717) is 13.0 Å². The minimum Gasteiger partial charge on any atom is -0.305 e. The third-order valence-electron chi connectivity index (χ3n) is 1.81. The summed E-state index contributed by atoms with van der Waals surface area (Å²) in [5.41, 5.74) is 0.00565. The molecule has 0 atom stereocenters. The summed E-state index contributed by atoms with van der Waals surface area (Å²) in [6.07, 6.45) is 0.527. The number of halogens is 1. The highest BCUT2D eigenvalue weighted by atomic mass is 79.9. The van der Waals surface area contributed by atoms with Gasteiger partial charge >= 0.3 is 0 Å². The summed E-state index contributed by atoms with van der Waals surface area (Å²) in [7, 11) is 0. The summed E-state index contributed by atoms with van der Waals surface area (Å²) in [5.74, 6) is 0.235. The first-order valence-electron chi connectivity index (χ1n) is 4.86. The van der Waals surface area contributed by atoms with Gasteiger partial charge in [-0.2, -0.15) is 0 Å². The lowest BCUT2D eigenvalue weighted by Gasteiger charge is -2.19. The third-order valence-corrected chi connectivity index (χ3v) is 3.51. The molecule has 0 aliphatic heterocycles. The van der Waals surface area contributed by atoms with Gasteiger partial charge < -0.3 is 5.32 Å². The average molecular weight is 290 g/mol. The Bertz CT molecular complexity index is 341. The van der Waals surface area contributed by atoms with E-state index in [9.17, 15) is 4.79 Å². The van der Waals surface area contributed by atoms with Crippen LogP contribution >= 0.6 is 27.3 Å². The number of ketones is 1. The van der Waals surface area contributed by atoms with Gasteiger partial charge in [0.1, 0.15) is 0 Å². The Hall–Kier alpha value is -0.190. The molecule has 0 radical (unpaired) electrons. The summed E-state index contributed by atoms with van der Waals surface area (Å²) in [5, 5.41) is 5.19. The van der Waals surface area contributed by atoms with Crippen molar-refractivity contribution in [3.63, 3.8) is 0 Å². The van der Waals surface area contributed by atoms with Crippen molar-refractivity contribution in [2.24, 2.45) is 0 Å². The molecule has 1 N–H and O–H groups in total. The van der Waals surface area contributed by atoms with Crippen LogP contribution in [0.15, 0.2) is 15.9 Å². The number of hydrogen-bond donors (Lipinski definition) is 1. The van der Waals surface area contributed by atoms with Gasteiger partial charge in [0.05, 0.1) is 6.54 Å². The lowest BCUT2D eigenvalue weighted by atomic mass is 10.1. The molecule has 0 fully saturated rings. The number of hydrogen-bond acceptors (Lipinski definition) is 3. The van der Waals surface area contributed by atoms with Gasteiger partial charge in [-0.25, -0.2) is 0 Å². The fraction of sp³-hybridized carbons (Fsp3) is 0.545. The van der Waals surface area contributed by atoms with Gasteiger partial charge in [-0.3, -0.25) is 4.79 Å². The molecule has 0 bridgehead atoms. The molecular formula is C11H16BrNOS. The Morgan fingerprint density at radius 1 is 1.53 bits per heavy atom. The minimum absolute atomic E-state index is 0.00565. The molecule has 1 heterocycles. The maximum atomic E-state index is 11.6. The van der Waals surface area contributed by atoms with Crippen LogP contribution in [0.4, 0.5) is 0 Å². The van der Waals surface area contributed by atoms with E-state index in [1.54, 1.807) is 11.3 Å². The molecule has 1 aromatic rings. The van der Waals surface area contributed by atoms with E-state index in [-0.39, 0.29) is 11.3 Å². The molecular weight excluding hydrogens is 274 g/mol. The van der Waals surface area contributed by atoms with Crippen LogP contribution in [0.25, 0.3) is 0 Å². The molecule has 0 aliphatic carbocycles. The smallest absolute Gasteiger partial charge is 0.151 e. The average Bonchev–Trinajstić information content (AvgIpc) is 2.47. The quantitative estimate of drug-likeness (QED) is 0.923. The van der Waals surface area contributed by atoms with Crippen molar-refractivity contribution in [3.05, 3.63) is 20.8 Å². The summed E-state index contributed by atoms with van der Waals surface area (Å²) >= 11 is 4.99. The zero-order chi connectivity index (χ0) is 11.5. The van der Waals surface area contributed by atoms with Gasteiger partial charge in [0.15, 0.2) is 5.78 Å². The maximum Gasteiger partial charge on any atom is 0.151 e. The molecule has 4 heteroatoms. The number of nitrogens with one attached hydrogen (secondary N) is 1. The van der Waals surface area contributed by atoms with E-state index in [1.165, 1.54) is 0 Å². The molecule has 1 aromatic heterocycles. The predicted molar refractivity (Wildman–Crippen MR) is 68.5 cm³/mol. The van der Waals surface area contributed by atoms with Crippen LogP contribution in [0.2, 0.25) is 0 Å². The van der Waals surface area contributed by atoms with Gasteiger partial charge in [0, 0.05) is 26.7 Å². The number of rotatable bonds is 4. The van der Waals surface area contributed by atoms with Gasteiger partial charge in [-0.1, -0.05) is 0 Å². The molecule has 84 valence electrons. The minimum atomic E-state index is 0.00565. The fourth-order valence-corrected chi connectivity index (χ4v) is 2.55. The monoisotopic (exact) mass is 289 g/mol. The third kappa shape index (κ3) is 5.44. The summed E-state index contributed by atoms with van der Waals surface area (Å²) in [6, 6.07) is 2.00. The molecule has 1 rings (SSSR count). The molecule has 0 unspecified atom stereocenters. The molecule has 2 nitrogen and oxygen atoms in total. The van der Waals surface area contributed by atoms with Crippen molar-refractivity contribution >= 4 is 33.0 Å². The van der Waals surface area contributed by atoms with Gasteiger partial charge in [0.2, 0.25) is 0 Å². The van der Waals surface area contributed by atoms with Crippen molar-refractivity contribution in [2.75, 3.05) is 6.54 Å². The normalized spacial score (nSPS) is 11.7. The number of thiophene rings is 1. The van der Waals surface area contributed by atoms with Crippen molar-refractivity contribution in [2.45, 2.75) is 32.7 Å². The standard InChI is InChI=1S/C11H16BrNOS/c1-11(2,3)13-6-9(14)5-10-4-8(12)7-15-10/h4,7,13H,5-6H2,1-3H3. The largest absolute Gasteiger partial charge is 0.305 e. The lowest BCUT2D eigenvalue weighted by Crippen LogP contribution is -2.39. The van der Waals surface area contributed by atoms with E-state index < -0.39 is 0 Å². The SMILES string of the molecule is CC(C)(C)NCC(=O)Cc1cc(Br)cs1.